The number of halogens is 1. The first-order valence-corrected chi connectivity index (χ1v) is 5.34. The number of aryl methyl sites for hydroxylation is 2. The van der Waals surface area contributed by atoms with Crippen LogP contribution >= 0.6 is 11.6 Å². The summed E-state index contributed by atoms with van der Waals surface area (Å²) in [5, 5.41) is 5.00. The second kappa shape index (κ2) is 4.18. The highest BCUT2D eigenvalue weighted by Crippen LogP contribution is 2.30. The minimum atomic E-state index is 0.602. The molecule has 16 heavy (non-hydrogen) atoms. The number of benzene rings is 1. The van der Waals surface area contributed by atoms with Gasteiger partial charge in [-0.3, -0.25) is 4.68 Å². The van der Waals surface area contributed by atoms with E-state index in [1.54, 1.807) is 11.8 Å². The Morgan fingerprint density at radius 2 is 2.12 bits per heavy atom. The molecule has 4 heteroatoms. The highest BCUT2D eigenvalue weighted by molar-refractivity contribution is 6.32. The first-order chi connectivity index (χ1) is 7.61. The molecule has 1 heterocycles. The smallest absolute Gasteiger partial charge is 0.137 e. The summed E-state index contributed by atoms with van der Waals surface area (Å²) in [4.78, 5) is 0. The average Bonchev–Trinajstić information content (AvgIpc) is 2.58. The molecule has 0 aliphatic heterocycles. The van der Waals surface area contributed by atoms with Crippen molar-refractivity contribution < 1.29 is 4.74 Å². The second-order valence-electron chi connectivity index (χ2n) is 3.68. The van der Waals surface area contributed by atoms with Gasteiger partial charge in [0, 0.05) is 18.8 Å². The summed E-state index contributed by atoms with van der Waals surface area (Å²) in [5.74, 6) is 0.680. The SMILES string of the molecule is COc1ccc(-c2nn(C)cc2C)cc1Cl. The molecule has 2 aromatic rings. The number of hydrogen-bond acceptors (Lipinski definition) is 2. The summed E-state index contributed by atoms with van der Waals surface area (Å²) in [6, 6.07) is 5.68. The summed E-state index contributed by atoms with van der Waals surface area (Å²) in [6.45, 7) is 2.03. The lowest BCUT2D eigenvalue weighted by Gasteiger charge is -2.04. The maximum Gasteiger partial charge on any atom is 0.137 e. The summed E-state index contributed by atoms with van der Waals surface area (Å²) in [6.07, 6.45) is 1.98. The Labute approximate surface area is 99.6 Å². The molecule has 0 fully saturated rings. The standard InChI is InChI=1S/C12H13ClN2O/c1-8-7-15(2)14-12(8)9-4-5-11(16-3)10(13)6-9/h4-7H,1-3H3. The fourth-order valence-electron chi connectivity index (χ4n) is 1.71. The van der Waals surface area contributed by atoms with Crippen LogP contribution in [0.15, 0.2) is 24.4 Å². The number of hydrogen-bond donors (Lipinski definition) is 0. The third kappa shape index (κ3) is 1.91. The van der Waals surface area contributed by atoms with E-state index in [1.165, 1.54) is 0 Å². The molecule has 0 spiro atoms. The van der Waals surface area contributed by atoms with Gasteiger partial charge in [-0.05, 0) is 30.7 Å². The summed E-state index contributed by atoms with van der Waals surface area (Å²) in [7, 11) is 3.51. The molecular weight excluding hydrogens is 224 g/mol. The molecule has 0 amide bonds. The van der Waals surface area contributed by atoms with E-state index in [-0.39, 0.29) is 0 Å². The monoisotopic (exact) mass is 236 g/mol. The van der Waals surface area contributed by atoms with Gasteiger partial charge in [-0.15, -0.1) is 0 Å². The molecule has 0 radical (unpaired) electrons. The molecule has 0 N–H and O–H groups in total. The van der Waals surface area contributed by atoms with Gasteiger partial charge in [0.2, 0.25) is 0 Å². The lowest BCUT2D eigenvalue weighted by molar-refractivity contribution is 0.415. The molecule has 3 nitrogen and oxygen atoms in total. The van der Waals surface area contributed by atoms with Gasteiger partial charge in [-0.2, -0.15) is 5.10 Å². The molecule has 84 valence electrons. The Hall–Kier alpha value is -1.48. The van der Waals surface area contributed by atoms with Crippen LogP contribution in [-0.4, -0.2) is 16.9 Å². The topological polar surface area (TPSA) is 27.1 Å². The van der Waals surface area contributed by atoms with E-state index in [1.807, 2.05) is 38.4 Å². The first-order valence-electron chi connectivity index (χ1n) is 4.96. The Bertz CT molecular complexity index is 520. The maximum absolute atomic E-state index is 6.08. The van der Waals surface area contributed by atoms with Crippen molar-refractivity contribution in [1.29, 1.82) is 0 Å². The Morgan fingerprint density at radius 1 is 1.38 bits per heavy atom. The van der Waals surface area contributed by atoms with Crippen LogP contribution in [0.2, 0.25) is 5.02 Å². The Morgan fingerprint density at radius 3 is 2.62 bits per heavy atom. The minimum absolute atomic E-state index is 0.602. The molecule has 0 bridgehead atoms. The van der Waals surface area contributed by atoms with Crippen LogP contribution in [0, 0.1) is 6.92 Å². The van der Waals surface area contributed by atoms with E-state index in [2.05, 4.69) is 5.10 Å². The fourth-order valence-corrected chi connectivity index (χ4v) is 1.96. The second-order valence-corrected chi connectivity index (χ2v) is 4.09. The van der Waals surface area contributed by atoms with Gasteiger partial charge >= 0.3 is 0 Å². The van der Waals surface area contributed by atoms with Crippen molar-refractivity contribution >= 4 is 11.6 Å². The Balaban J connectivity index is 2.49. The van der Waals surface area contributed by atoms with Crippen molar-refractivity contribution in [3.63, 3.8) is 0 Å². The molecule has 0 saturated heterocycles. The molecule has 0 aliphatic carbocycles. The summed E-state index contributed by atoms with van der Waals surface area (Å²) < 4.78 is 6.91. The summed E-state index contributed by atoms with van der Waals surface area (Å²) in [5.41, 5.74) is 3.08. The highest BCUT2D eigenvalue weighted by Gasteiger charge is 2.09. The van der Waals surface area contributed by atoms with Crippen molar-refractivity contribution in [3.05, 3.63) is 35.0 Å². The van der Waals surface area contributed by atoms with Crippen LogP contribution in [0.3, 0.4) is 0 Å². The van der Waals surface area contributed by atoms with Gasteiger partial charge < -0.3 is 4.74 Å². The van der Waals surface area contributed by atoms with Crippen LogP contribution in [0.1, 0.15) is 5.56 Å². The van der Waals surface area contributed by atoms with Crippen LogP contribution in [-0.2, 0) is 7.05 Å². The van der Waals surface area contributed by atoms with Gasteiger partial charge in [-0.1, -0.05) is 11.6 Å². The molecule has 1 aromatic heterocycles. The molecular formula is C12H13ClN2O. The van der Waals surface area contributed by atoms with Crippen molar-refractivity contribution in [2.75, 3.05) is 7.11 Å². The molecule has 0 unspecified atom stereocenters. The normalized spacial score (nSPS) is 10.5. The molecule has 0 aliphatic rings. The van der Waals surface area contributed by atoms with E-state index >= 15 is 0 Å². The zero-order chi connectivity index (χ0) is 11.7. The van der Waals surface area contributed by atoms with Crippen LogP contribution in [0.25, 0.3) is 11.3 Å². The van der Waals surface area contributed by atoms with Gasteiger partial charge in [0.05, 0.1) is 17.8 Å². The lowest BCUT2D eigenvalue weighted by atomic mass is 10.1. The van der Waals surface area contributed by atoms with Gasteiger partial charge in [0.1, 0.15) is 5.75 Å². The predicted molar refractivity (Wildman–Crippen MR) is 64.9 cm³/mol. The number of nitrogens with zero attached hydrogens (tertiary/aromatic N) is 2. The number of ether oxygens (including phenoxy) is 1. The van der Waals surface area contributed by atoms with Gasteiger partial charge in [0.15, 0.2) is 0 Å². The zero-order valence-electron chi connectivity index (χ0n) is 9.49. The molecule has 2 rings (SSSR count). The molecule has 1 aromatic carbocycles. The van der Waals surface area contributed by atoms with E-state index < -0.39 is 0 Å². The average molecular weight is 237 g/mol. The van der Waals surface area contributed by atoms with Gasteiger partial charge in [0.25, 0.3) is 0 Å². The van der Waals surface area contributed by atoms with Crippen LogP contribution in [0.5, 0.6) is 5.75 Å². The minimum Gasteiger partial charge on any atom is -0.495 e. The van der Waals surface area contributed by atoms with Crippen molar-refractivity contribution in [3.8, 4) is 17.0 Å². The third-order valence-electron chi connectivity index (χ3n) is 2.44. The fraction of sp³-hybridized carbons (Fsp3) is 0.250. The van der Waals surface area contributed by atoms with Gasteiger partial charge in [-0.25, -0.2) is 0 Å². The first kappa shape index (κ1) is 11.0. The van der Waals surface area contributed by atoms with E-state index in [9.17, 15) is 0 Å². The number of rotatable bonds is 2. The zero-order valence-corrected chi connectivity index (χ0v) is 10.2. The molecule has 0 atom stereocenters. The van der Waals surface area contributed by atoms with Crippen LogP contribution in [0.4, 0.5) is 0 Å². The predicted octanol–water partition coefficient (Wildman–Crippen LogP) is 3.06. The largest absolute Gasteiger partial charge is 0.495 e. The number of aromatic nitrogens is 2. The van der Waals surface area contributed by atoms with E-state index in [0.29, 0.717) is 10.8 Å². The quantitative estimate of drug-likeness (QED) is 0.801. The maximum atomic E-state index is 6.08. The van der Waals surface area contributed by atoms with Crippen molar-refractivity contribution in [2.45, 2.75) is 6.92 Å². The van der Waals surface area contributed by atoms with Crippen molar-refractivity contribution in [2.24, 2.45) is 7.05 Å². The lowest BCUT2D eigenvalue weighted by Crippen LogP contribution is -1.89. The number of methoxy groups -OCH3 is 1. The third-order valence-corrected chi connectivity index (χ3v) is 2.73. The Kier molecular flexibility index (Phi) is 2.88. The van der Waals surface area contributed by atoms with Crippen molar-refractivity contribution in [1.82, 2.24) is 9.78 Å². The highest BCUT2D eigenvalue weighted by atomic mass is 35.5. The molecule has 0 saturated carbocycles. The van der Waals surface area contributed by atoms with E-state index in [0.717, 1.165) is 16.8 Å². The van der Waals surface area contributed by atoms with E-state index in [4.69, 9.17) is 16.3 Å². The van der Waals surface area contributed by atoms with Crippen LogP contribution < -0.4 is 4.74 Å². The summed E-state index contributed by atoms with van der Waals surface area (Å²) >= 11 is 6.08.